The van der Waals surface area contributed by atoms with Gasteiger partial charge in [0.05, 0.1) is 6.54 Å². The third-order valence-electron chi connectivity index (χ3n) is 3.52. The van der Waals surface area contributed by atoms with Gasteiger partial charge in [-0.1, -0.05) is 35.9 Å². The van der Waals surface area contributed by atoms with E-state index in [0.717, 1.165) is 11.1 Å². The quantitative estimate of drug-likeness (QED) is 0.795. The number of benzene rings is 2. The van der Waals surface area contributed by atoms with Crippen molar-refractivity contribution in [3.63, 3.8) is 0 Å². The van der Waals surface area contributed by atoms with Crippen LogP contribution >= 0.6 is 11.6 Å². The molecule has 1 aliphatic rings. The number of carbonyl (C=O) groups is 1. The van der Waals surface area contributed by atoms with Gasteiger partial charge < -0.3 is 15.7 Å². The van der Waals surface area contributed by atoms with Gasteiger partial charge in [-0.3, -0.25) is 0 Å². The average molecular weight is 289 g/mol. The number of nitrogens with one attached hydrogen (secondary N) is 2. The summed E-state index contributed by atoms with van der Waals surface area (Å²) >= 11 is 5.92. The lowest BCUT2D eigenvalue weighted by Crippen LogP contribution is -2.41. The zero-order valence-corrected chi connectivity index (χ0v) is 11.3. The normalized spacial score (nSPS) is 21.4. The summed E-state index contributed by atoms with van der Waals surface area (Å²) in [6.45, 7) is 0.414. The van der Waals surface area contributed by atoms with E-state index in [9.17, 15) is 9.90 Å². The molecule has 1 unspecified atom stereocenters. The largest absolute Gasteiger partial charge is 0.508 e. The van der Waals surface area contributed by atoms with Crippen molar-refractivity contribution in [3.8, 4) is 5.75 Å². The van der Waals surface area contributed by atoms with Crippen molar-refractivity contribution in [2.24, 2.45) is 0 Å². The van der Waals surface area contributed by atoms with Crippen LogP contribution in [0.25, 0.3) is 0 Å². The van der Waals surface area contributed by atoms with Crippen LogP contribution in [0.1, 0.15) is 11.1 Å². The molecule has 0 saturated carbocycles. The zero-order chi connectivity index (χ0) is 14.2. The molecule has 0 bridgehead atoms. The Hall–Kier alpha value is -2.20. The van der Waals surface area contributed by atoms with Crippen LogP contribution in [-0.2, 0) is 5.54 Å². The Balaban J connectivity index is 2.14. The van der Waals surface area contributed by atoms with Crippen LogP contribution in [0.5, 0.6) is 5.75 Å². The second-order valence-corrected chi connectivity index (χ2v) is 5.21. The Morgan fingerprint density at radius 1 is 1.10 bits per heavy atom. The number of hydrogen-bond donors (Lipinski definition) is 3. The van der Waals surface area contributed by atoms with Gasteiger partial charge in [-0.25, -0.2) is 4.79 Å². The van der Waals surface area contributed by atoms with Gasteiger partial charge in [-0.15, -0.1) is 0 Å². The highest BCUT2D eigenvalue weighted by Crippen LogP contribution is 2.33. The van der Waals surface area contributed by atoms with E-state index in [-0.39, 0.29) is 11.8 Å². The van der Waals surface area contributed by atoms with Crippen molar-refractivity contribution >= 4 is 17.6 Å². The van der Waals surface area contributed by atoms with E-state index in [0.29, 0.717) is 11.6 Å². The van der Waals surface area contributed by atoms with E-state index >= 15 is 0 Å². The average Bonchev–Trinajstić information content (AvgIpc) is 2.83. The van der Waals surface area contributed by atoms with Crippen LogP contribution < -0.4 is 10.6 Å². The summed E-state index contributed by atoms with van der Waals surface area (Å²) in [4.78, 5) is 11.6. The number of phenolic OH excluding ortho intramolecular Hbond substituents is 1. The summed E-state index contributed by atoms with van der Waals surface area (Å²) < 4.78 is 0. The number of phenols is 1. The molecule has 1 atom stereocenters. The number of urea groups is 1. The van der Waals surface area contributed by atoms with Gasteiger partial charge >= 0.3 is 6.03 Å². The molecule has 20 heavy (non-hydrogen) atoms. The van der Waals surface area contributed by atoms with Gasteiger partial charge in [-0.2, -0.15) is 0 Å². The molecule has 0 aromatic heterocycles. The molecule has 3 N–H and O–H groups in total. The molecule has 2 aromatic carbocycles. The Morgan fingerprint density at radius 2 is 1.85 bits per heavy atom. The van der Waals surface area contributed by atoms with Crippen LogP contribution in [-0.4, -0.2) is 17.7 Å². The molecule has 5 heteroatoms. The first-order chi connectivity index (χ1) is 9.60. The van der Waals surface area contributed by atoms with Crippen molar-refractivity contribution in [1.82, 2.24) is 10.6 Å². The van der Waals surface area contributed by atoms with Crippen LogP contribution in [0, 0.1) is 0 Å². The van der Waals surface area contributed by atoms with E-state index in [2.05, 4.69) is 10.6 Å². The van der Waals surface area contributed by atoms with E-state index in [4.69, 9.17) is 11.6 Å². The molecule has 4 nitrogen and oxygen atoms in total. The third-order valence-corrected chi connectivity index (χ3v) is 3.77. The van der Waals surface area contributed by atoms with Gasteiger partial charge in [0.25, 0.3) is 0 Å². The first-order valence-corrected chi connectivity index (χ1v) is 6.59. The number of amides is 2. The smallest absolute Gasteiger partial charge is 0.315 e. The molecule has 1 heterocycles. The maximum atomic E-state index is 11.6. The molecule has 2 amide bonds. The van der Waals surface area contributed by atoms with Crippen molar-refractivity contribution in [1.29, 1.82) is 0 Å². The number of carbonyl (C=O) groups excluding carboxylic acids is 1. The third kappa shape index (κ3) is 2.08. The van der Waals surface area contributed by atoms with Crippen LogP contribution in [0.3, 0.4) is 0 Å². The Morgan fingerprint density at radius 3 is 2.45 bits per heavy atom. The van der Waals surface area contributed by atoms with E-state index < -0.39 is 5.54 Å². The van der Waals surface area contributed by atoms with Gasteiger partial charge in [0, 0.05) is 5.02 Å². The standard InChI is InChI=1S/C15H13ClN2O2/c16-12-6-4-10(5-7-12)15(9-17-14(20)18-15)11-2-1-3-13(19)8-11/h1-8,19H,9H2,(H2,17,18,20). The lowest BCUT2D eigenvalue weighted by molar-refractivity contribution is 0.246. The number of halogens is 1. The topological polar surface area (TPSA) is 61.4 Å². The molecule has 3 rings (SSSR count). The molecule has 0 aliphatic carbocycles. The fourth-order valence-electron chi connectivity index (χ4n) is 2.52. The first-order valence-electron chi connectivity index (χ1n) is 6.22. The predicted molar refractivity (Wildman–Crippen MR) is 76.9 cm³/mol. The fraction of sp³-hybridized carbons (Fsp3) is 0.133. The molecule has 1 fully saturated rings. The van der Waals surface area contributed by atoms with Crippen molar-refractivity contribution in [3.05, 3.63) is 64.7 Å². The van der Waals surface area contributed by atoms with Gasteiger partial charge in [-0.05, 0) is 35.4 Å². The lowest BCUT2D eigenvalue weighted by Gasteiger charge is -2.29. The fourth-order valence-corrected chi connectivity index (χ4v) is 2.64. The van der Waals surface area contributed by atoms with Gasteiger partial charge in [0.1, 0.15) is 11.3 Å². The number of hydrogen-bond acceptors (Lipinski definition) is 2. The minimum Gasteiger partial charge on any atom is -0.508 e. The van der Waals surface area contributed by atoms with E-state index in [1.807, 2.05) is 18.2 Å². The van der Waals surface area contributed by atoms with Crippen molar-refractivity contribution in [2.45, 2.75) is 5.54 Å². The molecule has 2 aromatic rings. The minimum absolute atomic E-state index is 0.164. The summed E-state index contributed by atoms with van der Waals surface area (Å²) in [6, 6.07) is 14.0. The minimum atomic E-state index is -0.694. The maximum Gasteiger partial charge on any atom is 0.315 e. The molecule has 0 radical (unpaired) electrons. The number of aromatic hydroxyl groups is 1. The highest BCUT2D eigenvalue weighted by Gasteiger charge is 2.41. The maximum absolute atomic E-state index is 11.6. The van der Waals surface area contributed by atoms with E-state index in [1.54, 1.807) is 30.3 Å². The monoisotopic (exact) mass is 288 g/mol. The Kier molecular flexibility index (Phi) is 3.03. The molecular formula is C15H13ClN2O2. The molecule has 1 aliphatic heterocycles. The van der Waals surface area contributed by atoms with Crippen LogP contribution in [0.15, 0.2) is 48.5 Å². The summed E-state index contributed by atoms with van der Waals surface area (Å²) in [5.41, 5.74) is 1.03. The van der Waals surface area contributed by atoms with Gasteiger partial charge in [0.2, 0.25) is 0 Å². The van der Waals surface area contributed by atoms with Crippen LogP contribution in [0.4, 0.5) is 4.79 Å². The van der Waals surface area contributed by atoms with Crippen molar-refractivity contribution in [2.75, 3.05) is 6.54 Å². The highest BCUT2D eigenvalue weighted by atomic mass is 35.5. The molecule has 0 spiro atoms. The molecular weight excluding hydrogens is 276 g/mol. The Labute approximate surface area is 121 Å². The van der Waals surface area contributed by atoms with Crippen LogP contribution in [0.2, 0.25) is 5.02 Å². The SMILES string of the molecule is O=C1NCC(c2ccc(Cl)cc2)(c2cccc(O)c2)N1. The van der Waals surface area contributed by atoms with Crippen molar-refractivity contribution < 1.29 is 9.90 Å². The first kappa shape index (κ1) is 12.8. The summed E-state index contributed by atoms with van der Waals surface area (Å²) in [5.74, 6) is 0.164. The van der Waals surface area contributed by atoms with Gasteiger partial charge in [0.15, 0.2) is 0 Å². The Bertz CT molecular complexity index is 657. The highest BCUT2D eigenvalue weighted by molar-refractivity contribution is 6.30. The zero-order valence-electron chi connectivity index (χ0n) is 10.6. The summed E-state index contributed by atoms with van der Waals surface area (Å²) in [5, 5.41) is 16.0. The second-order valence-electron chi connectivity index (χ2n) is 4.77. The molecule has 102 valence electrons. The summed E-state index contributed by atoms with van der Waals surface area (Å²) in [7, 11) is 0. The predicted octanol–water partition coefficient (Wildman–Crippen LogP) is 2.60. The molecule has 1 saturated heterocycles. The number of rotatable bonds is 2. The second kappa shape index (κ2) is 4.72. The van der Waals surface area contributed by atoms with E-state index in [1.165, 1.54) is 0 Å². The lowest BCUT2D eigenvalue weighted by atomic mass is 9.83. The summed E-state index contributed by atoms with van der Waals surface area (Å²) in [6.07, 6.45) is 0.